The highest BCUT2D eigenvalue weighted by molar-refractivity contribution is 9.10. The zero-order valence-corrected chi connectivity index (χ0v) is 12.3. The Kier molecular flexibility index (Phi) is 3.53. The molecule has 5 heteroatoms. The molecule has 0 spiro atoms. The van der Waals surface area contributed by atoms with Gasteiger partial charge in [0.15, 0.2) is 0 Å². The first-order chi connectivity index (χ1) is 9.65. The number of carbonyl (C=O) groups is 1. The molecular formula is C15H13BrN2O2. The van der Waals surface area contributed by atoms with Crippen molar-refractivity contribution in [3.63, 3.8) is 0 Å². The summed E-state index contributed by atoms with van der Waals surface area (Å²) in [4.78, 5) is 19.9. The van der Waals surface area contributed by atoms with Crippen molar-refractivity contribution in [3.05, 3.63) is 57.6 Å². The van der Waals surface area contributed by atoms with Crippen LogP contribution < -0.4 is 0 Å². The molecule has 2 aromatic rings. The summed E-state index contributed by atoms with van der Waals surface area (Å²) in [5, 5.41) is 9.18. The minimum Gasteiger partial charge on any atom is -0.478 e. The van der Waals surface area contributed by atoms with Gasteiger partial charge in [0.05, 0.1) is 11.3 Å². The molecule has 1 N–H and O–H groups in total. The SMILES string of the molecule is O=C(O)c1cnc(Cc2ccccc2Br)nc1C1CC1. The van der Waals surface area contributed by atoms with Crippen LogP contribution >= 0.6 is 15.9 Å². The highest BCUT2D eigenvalue weighted by atomic mass is 79.9. The average molecular weight is 333 g/mol. The highest BCUT2D eigenvalue weighted by Crippen LogP contribution is 2.40. The van der Waals surface area contributed by atoms with Gasteiger partial charge in [-0.2, -0.15) is 0 Å². The van der Waals surface area contributed by atoms with Crippen molar-refractivity contribution in [3.8, 4) is 0 Å². The molecule has 3 rings (SSSR count). The Morgan fingerprint density at radius 1 is 1.35 bits per heavy atom. The van der Waals surface area contributed by atoms with Crippen molar-refractivity contribution in [1.82, 2.24) is 9.97 Å². The molecule has 1 saturated carbocycles. The van der Waals surface area contributed by atoms with Gasteiger partial charge in [0, 0.05) is 23.0 Å². The molecule has 0 saturated heterocycles. The summed E-state index contributed by atoms with van der Waals surface area (Å²) >= 11 is 3.50. The smallest absolute Gasteiger partial charge is 0.339 e. The summed E-state index contributed by atoms with van der Waals surface area (Å²) in [5.74, 6) is 0.0187. The Morgan fingerprint density at radius 3 is 2.75 bits per heavy atom. The number of nitrogens with zero attached hydrogens (tertiary/aromatic N) is 2. The van der Waals surface area contributed by atoms with E-state index in [4.69, 9.17) is 0 Å². The second-order valence-electron chi connectivity index (χ2n) is 4.93. The van der Waals surface area contributed by atoms with Crippen LogP contribution in [0.2, 0.25) is 0 Å². The van der Waals surface area contributed by atoms with E-state index >= 15 is 0 Å². The molecule has 0 radical (unpaired) electrons. The molecule has 20 heavy (non-hydrogen) atoms. The van der Waals surface area contributed by atoms with Gasteiger partial charge in [-0.05, 0) is 24.5 Å². The summed E-state index contributed by atoms with van der Waals surface area (Å²) in [6, 6.07) is 7.91. The standard InChI is InChI=1S/C15H13BrN2O2/c16-12-4-2-1-3-10(12)7-13-17-8-11(15(19)20)14(18-13)9-5-6-9/h1-4,8-9H,5-7H2,(H,19,20). The summed E-state index contributed by atoms with van der Waals surface area (Å²) in [6.07, 6.45) is 4.08. The number of benzene rings is 1. The highest BCUT2D eigenvalue weighted by Gasteiger charge is 2.30. The monoisotopic (exact) mass is 332 g/mol. The Balaban J connectivity index is 1.93. The van der Waals surface area contributed by atoms with Crippen molar-refractivity contribution >= 4 is 21.9 Å². The molecule has 1 fully saturated rings. The van der Waals surface area contributed by atoms with Gasteiger partial charge in [0.1, 0.15) is 5.82 Å². The number of hydrogen-bond donors (Lipinski definition) is 1. The lowest BCUT2D eigenvalue weighted by Crippen LogP contribution is -2.08. The molecule has 4 nitrogen and oxygen atoms in total. The topological polar surface area (TPSA) is 63.1 Å². The lowest BCUT2D eigenvalue weighted by Gasteiger charge is -2.07. The molecule has 0 atom stereocenters. The van der Waals surface area contributed by atoms with Gasteiger partial charge < -0.3 is 5.11 Å². The van der Waals surface area contributed by atoms with Crippen molar-refractivity contribution in [2.45, 2.75) is 25.2 Å². The number of aromatic carboxylic acids is 1. The molecular weight excluding hydrogens is 320 g/mol. The maximum atomic E-state index is 11.2. The minimum absolute atomic E-state index is 0.239. The van der Waals surface area contributed by atoms with Crippen molar-refractivity contribution in [2.24, 2.45) is 0 Å². The maximum Gasteiger partial charge on any atom is 0.339 e. The van der Waals surface area contributed by atoms with Gasteiger partial charge in [-0.15, -0.1) is 0 Å². The van der Waals surface area contributed by atoms with Crippen LogP contribution in [0, 0.1) is 0 Å². The molecule has 1 heterocycles. The molecule has 102 valence electrons. The lowest BCUT2D eigenvalue weighted by atomic mass is 10.1. The van der Waals surface area contributed by atoms with E-state index in [1.807, 2.05) is 24.3 Å². The van der Waals surface area contributed by atoms with E-state index in [2.05, 4.69) is 25.9 Å². The minimum atomic E-state index is -0.945. The molecule has 1 aromatic heterocycles. The van der Waals surface area contributed by atoms with E-state index in [0.717, 1.165) is 22.9 Å². The first kappa shape index (κ1) is 13.2. The Labute approximate surface area is 125 Å². The van der Waals surface area contributed by atoms with Crippen LogP contribution in [0.15, 0.2) is 34.9 Å². The van der Waals surface area contributed by atoms with Crippen LogP contribution in [0.4, 0.5) is 0 Å². The van der Waals surface area contributed by atoms with Crippen LogP contribution in [0.5, 0.6) is 0 Å². The largest absolute Gasteiger partial charge is 0.478 e. The number of hydrogen-bond acceptors (Lipinski definition) is 3. The molecule has 0 bridgehead atoms. The normalized spacial score (nSPS) is 14.2. The molecule has 1 aliphatic carbocycles. The van der Waals surface area contributed by atoms with Gasteiger partial charge in [-0.3, -0.25) is 0 Å². The van der Waals surface area contributed by atoms with E-state index < -0.39 is 5.97 Å². The van der Waals surface area contributed by atoms with Gasteiger partial charge in [-0.25, -0.2) is 14.8 Å². The fourth-order valence-electron chi connectivity index (χ4n) is 2.16. The van der Waals surface area contributed by atoms with Crippen LogP contribution in [0.3, 0.4) is 0 Å². The van der Waals surface area contributed by atoms with Crippen molar-refractivity contribution in [2.75, 3.05) is 0 Å². The Bertz CT molecular complexity index is 669. The predicted octanol–water partition coefficient (Wildman–Crippen LogP) is 3.41. The third-order valence-corrected chi connectivity index (χ3v) is 4.14. The number of halogens is 1. The van der Waals surface area contributed by atoms with E-state index in [1.165, 1.54) is 6.20 Å². The molecule has 1 aromatic carbocycles. The molecule has 0 amide bonds. The molecule has 0 aliphatic heterocycles. The first-order valence-electron chi connectivity index (χ1n) is 6.47. The summed E-state index contributed by atoms with van der Waals surface area (Å²) in [6.45, 7) is 0. The van der Waals surface area contributed by atoms with Crippen LogP contribution in [0.25, 0.3) is 0 Å². The van der Waals surface area contributed by atoms with Gasteiger partial charge >= 0.3 is 5.97 Å². The van der Waals surface area contributed by atoms with Gasteiger partial charge in [-0.1, -0.05) is 34.1 Å². The van der Waals surface area contributed by atoms with Crippen LogP contribution in [0.1, 0.15) is 46.2 Å². The summed E-state index contributed by atoms with van der Waals surface area (Å²) in [7, 11) is 0. The first-order valence-corrected chi connectivity index (χ1v) is 7.27. The number of carboxylic acid groups (broad SMARTS) is 1. The average Bonchev–Trinajstić information content (AvgIpc) is 3.25. The molecule has 1 aliphatic rings. The quantitative estimate of drug-likeness (QED) is 0.931. The maximum absolute atomic E-state index is 11.2. The van der Waals surface area contributed by atoms with E-state index in [9.17, 15) is 9.90 Å². The van der Waals surface area contributed by atoms with Crippen LogP contribution in [-0.4, -0.2) is 21.0 Å². The van der Waals surface area contributed by atoms with Gasteiger partial charge in [0.2, 0.25) is 0 Å². The van der Waals surface area contributed by atoms with E-state index in [-0.39, 0.29) is 5.56 Å². The van der Waals surface area contributed by atoms with Gasteiger partial charge in [0.25, 0.3) is 0 Å². The summed E-state index contributed by atoms with van der Waals surface area (Å²) < 4.78 is 1.01. The van der Waals surface area contributed by atoms with Crippen molar-refractivity contribution in [1.29, 1.82) is 0 Å². The second-order valence-corrected chi connectivity index (χ2v) is 5.79. The zero-order valence-electron chi connectivity index (χ0n) is 10.7. The molecule has 0 unspecified atom stereocenters. The fraction of sp³-hybridized carbons (Fsp3) is 0.267. The Hall–Kier alpha value is -1.75. The Morgan fingerprint density at radius 2 is 2.10 bits per heavy atom. The zero-order chi connectivity index (χ0) is 14.1. The number of aromatic nitrogens is 2. The fourth-order valence-corrected chi connectivity index (χ4v) is 2.59. The third-order valence-electron chi connectivity index (χ3n) is 3.37. The lowest BCUT2D eigenvalue weighted by molar-refractivity contribution is 0.0694. The van der Waals surface area contributed by atoms with Crippen molar-refractivity contribution < 1.29 is 9.90 Å². The number of rotatable bonds is 4. The number of carboxylic acids is 1. The summed E-state index contributed by atoms with van der Waals surface area (Å²) in [5.41, 5.74) is 2.02. The van der Waals surface area contributed by atoms with E-state index in [0.29, 0.717) is 23.9 Å². The predicted molar refractivity (Wildman–Crippen MR) is 77.9 cm³/mol. The third kappa shape index (κ3) is 2.72. The van der Waals surface area contributed by atoms with E-state index in [1.54, 1.807) is 0 Å². The van der Waals surface area contributed by atoms with Crippen LogP contribution in [-0.2, 0) is 6.42 Å². The second kappa shape index (κ2) is 5.32.